The molecule has 2 atom stereocenters. The second-order valence-corrected chi connectivity index (χ2v) is 8.00. The molecule has 3 rings (SSSR count). The molecule has 0 heterocycles. The van der Waals surface area contributed by atoms with Gasteiger partial charge in [-0.25, -0.2) is 13.2 Å². The molecular formula is C22H21F3N2OS. The Kier molecular flexibility index (Phi) is 6.53. The summed E-state index contributed by atoms with van der Waals surface area (Å²) in [6.07, 6.45) is 1.05. The van der Waals surface area contributed by atoms with E-state index >= 15 is 0 Å². The predicted molar refractivity (Wildman–Crippen MR) is 107 cm³/mol. The third-order valence-corrected chi connectivity index (χ3v) is 6.06. The lowest BCUT2D eigenvalue weighted by Crippen LogP contribution is -2.41. The maximum atomic E-state index is 14.8. The zero-order valence-electron chi connectivity index (χ0n) is 15.9. The summed E-state index contributed by atoms with van der Waals surface area (Å²) in [4.78, 5) is 13.3. The molecule has 0 saturated heterocycles. The first-order chi connectivity index (χ1) is 13.9. The molecule has 3 nitrogen and oxygen atoms in total. The van der Waals surface area contributed by atoms with Crippen LogP contribution in [-0.4, -0.2) is 24.6 Å². The van der Waals surface area contributed by atoms with E-state index < -0.39 is 35.9 Å². The topological polar surface area (TPSA) is 52.9 Å². The van der Waals surface area contributed by atoms with Gasteiger partial charge in [0.2, 0.25) is 11.8 Å². The lowest BCUT2D eigenvalue weighted by atomic mass is 9.71. The van der Waals surface area contributed by atoms with E-state index in [4.69, 9.17) is 5.26 Å². The van der Waals surface area contributed by atoms with Crippen molar-refractivity contribution in [1.29, 1.82) is 5.26 Å². The van der Waals surface area contributed by atoms with Gasteiger partial charge < -0.3 is 5.32 Å². The number of carbonyl (C=O) groups excluding carboxylic acids is 1. The maximum absolute atomic E-state index is 14.8. The van der Waals surface area contributed by atoms with Gasteiger partial charge in [-0.15, -0.1) is 11.8 Å². The number of hydrogen-bond acceptors (Lipinski definition) is 3. The lowest BCUT2D eigenvalue weighted by Gasteiger charge is -2.36. The molecule has 2 aromatic rings. The van der Waals surface area contributed by atoms with Crippen molar-refractivity contribution in [3.05, 3.63) is 53.8 Å². The van der Waals surface area contributed by atoms with Gasteiger partial charge in [0.1, 0.15) is 12.4 Å². The van der Waals surface area contributed by atoms with Gasteiger partial charge >= 0.3 is 0 Å². The second kappa shape index (κ2) is 8.91. The zero-order valence-corrected chi connectivity index (χ0v) is 16.7. The molecule has 0 radical (unpaired) electrons. The van der Waals surface area contributed by atoms with Crippen molar-refractivity contribution in [2.75, 3.05) is 12.8 Å². The fraction of sp³-hybridized carbons (Fsp3) is 0.364. The van der Waals surface area contributed by atoms with Crippen LogP contribution in [0.25, 0.3) is 11.1 Å². The standard InChI is InChI=1S/C22H21F3N2OS/c1-29-14-6-7-18(20(23)12-14)16-5-3-2-4-15(16)17-8-9-22(24,25)13-19(17)21(28)27-11-10-26/h2-7,12,17,19H,8-9,11,13H2,1H3,(H,27,28)/t17-,19+/m0/s1. The minimum absolute atomic E-state index is 0.110. The van der Waals surface area contributed by atoms with Crippen LogP contribution in [0.15, 0.2) is 47.4 Å². The van der Waals surface area contributed by atoms with Gasteiger partial charge in [0.05, 0.1) is 12.0 Å². The van der Waals surface area contributed by atoms with Crippen LogP contribution in [0.5, 0.6) is 0 Å². The Hall–Kier alpha value is -2.46. The van der Waals surface area contributed by atoms with E-state index in [2.05, 4.69) is 5.32 Å². The molecule has 1 saturated carbocycles. The number of nitriles is 1. The van der Waals surface area contributed by atoms with Crippen molar-refractivity contribution in [1.82, 2.24) is 5.32 Å². The van der Waals surface area contributed by atoms with Crippen molar-refractivity contribution in [3.8, 4) is 17.2 Å². The van der Waals surface area contributed by atoms with Crippen molar-refractivity contribution < 1.29 is 18.0 Å². The molecule has 0 unspecified atom stereocenters. The van der Waals surface area contributed by atoms with Crippen LogP contribution in [0, 0.1) is 23.1 Å². The number of nitrogens with one attached hydrogen (secondary N) is 1. The summed E-state index contributed by atoms with van der Waals surface area (Å²) in [6, 6.07) is 13.8. The van der Waals surface area contributed by atoms with E-state index in [0.29, 0.717) is 16.7 Å². The van der Waals surface area contributed by atoms with Gasteiger partial charge in [0, 0.05) is 23.3 Å². The number of nitrogens with zero attached hydrogens (tertiary/aromatic N) is 1. The Labute approximate surface area is 172 Å². The van der Waals surface area contributed by atoms with Crippen LogP contribution in [0.4, 0.5) is 13.2 Å². The second-order valence-electron chi connectivity index (χ2n) is 7.12. The SMILES string of the molecule is CSc1ccc(-c2ccccc2[C@@H]2CCC(F)(F)C[C@H]2C(=O)NCC#N)c(F)c1. The molecule has 152 valence electrons. The normalized spacial score (nSPS) is 20.7. The summed E-state index contributed by atoms with van der Waals surface area (Å²) in [7, 11) is 0. The average Bonchev–Trinajstić information content (AvgIpc) is 2.71. The molecule has 1 N–H and O–H groups in total. The fourth-order valence-corrected chi connectivity index (χ4v) is 4.37. The number of benzene rings is 2. The molecule has 7 heteroatoms. The van der Waals surface area contributed by atoms with Crippen molar-refractivity contribution in [3.63, 3.8) is 0 Å². The summed E-state index contributed by atoms with van der Waals surface area (Å²) in [5.41, 5.74) is 1.66. The number of hydrogen-bond donors (Lipinski definition) is 1. The number of halogens is 3. The Morgan fingerprint density at radius 1 is 1.28 bits per heavy atom. The van der Waals surface area contributed by atoms with Crippen LogP contribution in [-0.2, 0) is 4.79 Å². The van der Waals surface area contributed by atoms with E-state index in [1.54, 1.807) is 36.4 Å². The number of alkyl halides is 2. The maximum Gasteiger partial charge on any atom is 0.249 e. The van der Waals surface area contributed by atoms with Crippen LogP contribution >= 0.6 is 11.8 Å². The smallest absolute Gasteiger partial charge is 0.249 e. The summed E-state index contributed by atoms with van der Waals surface area (Å²) in [5, 5.41) is 11.1. The number of thioether (sulfide) groups is 1. The van der Waals surface area contributed by atoms with Gasteiger partial charge in [0.15, 0.2) is 0 Å². The molecule has 1 aliphatic carbocycles. The largest absolute Gasteiger partial charge is 0.343 e. The third kappa shape index (κ3) is 4.76. The van der Waals surface area contributed by atoms with Crippen LogP contribution in [0.2, 0.25) is 0 Å². The monoisotopic (exact) mass is 418 g/mol. The summed E-state index contributed by atoms with van der Waals surface area (Å²) in [6.45, 7) is -0.236. The van der Waals surface area contributed by atoms with E-state index in [1.165, 1.54) is 17.8 Å². The van der Waals surface area contributed by atoms with E-state index in [9.17, 15) is 18.0 Å². The average molecular weight is 418 g/mol. The molecular weight excluding hydrogens is 397 g/mol. The van der Waals surface area contributed by atoms with Crippen molar-refractivity contribution in [2.24, 2.45) is 5.92 Å². The predicted octanol–water partition coefficient (Wildman–Crippen LogP) is 5.37. The minimum atomic E-state index is -2.94. The van der Waals surface area contributed by atoms with Crippen LogP contribution in [0.1, 0.15) is 30.7 Å². The van der Waals surface area contributed by atoms with Crippen molar-refractivity contribution in [2.45, 2.75) is 36.0 Å². The van der Waals surface area contributed by atoms with Gasteiger partial charge in [-0.3, -0.25) is 4.79 Å². The molecule has 0 bridgehead atoms. The lowest BCUT2D eigenvalue weighted by molar-refractivity contribution is -0.133. The summed E-state index contributed by atoms with van der Waals surface area (Å²) >= 11 is 1.43. The van der Waals surface area contributed by atoms with Gasteiger partial charge in [-0.1, -0.05) is 30.3 Å². The molecule has 29 heavy (non-hydrogen) atoms. The molecule has 0 aliphatic heterocycles. The Bertz CT molecular complexity index is 942. The summed E-state index contributed by atoms with van der Waals surface area (Å²) in [5.74, 6) is -5.36. The van der Waals surface area contributed by atoms with Gasteiger partial charge in [-0.05, 0) is 41.9 Å². The molecule has 0 aromatic heterocycles. The molecule has 1 aliphatic rings. The van der Waals surface area contributed by atoms with E-state index in [0.717, 1.165) is 4.90 Å². The van der Waals surface area contributed by atoms with Crippen LogP contribution in [0.3, 0.4) is 0 Å². The zero-order chi connectivity index (χ0) is 21.0. The molecule has 1 fully saturated rings. The molecule has 2 aromatic carbocycles. The van der Waals surface area contributed by atoms with Gasteiger partial charge in [0.25, 0.3) is 0 Å². The highest BCUT2D eigenvalue weighted by Gasteiger charge is 2.45. The van der Waals surface area contributed by atoms with E-state index in [-0.39, 0.29) is 19.4 Å². The first-order valence-corrected chi connectivity index (χ1v) is 10.5. The molecule has 0 spiro atoms. The van der Waals surface area contributed by atoms with E-state index in [1.807, 2.05) is 12.3 Å². The first kappa shape index (κ1) is 21.3. The first-order valence-electron chi connectivity index (χ1n) is 9.31. The number of rotatable bonds is 5. The fourth-order valence-electron chi connectivity index (χ4n) is 3.95. The van der Waals surface area contributed by atoms with Crippen molar-refractivity contribution >= 4 is 17.7 Å². The minimum Gasteiger partial charge on any atom is -0.343 e. The number of amides is 1. The summed E-state index contributed by atoms with van der Waals surface area (Å²) < 4.78 is 42.9. The van der Waals surface area contributed by atoms with Crippen LogP contribution < -0.4 is 5.32 Å². The Morgan fingerprint density at radius 3 is 2.72 bits per heavy atom. The Morgan fingerprint density at radius 2 is 2.03 bits per heavy atom. The quantitative estimate of drug-likeness (QED) is 0.524. The highest BCUT2D eigenvalue weighted by Crippen LogP contribution is 2.47. The Balaban J connectivity index is 2.03. The molecule has 1 amide bonds. The number of carbonyl (C=O) groups is 1. The third-order valence-electron chi connectivity index (χ3n) is 5.33. The van der Waals surface area contributed by atoms with Gasteiger partial charge in [-0.2, -0.15) is 5.26 Å². The highest BCUT2D eigenvalue weighted by atomic mass is 32.2. The highest BCUT2D eigenvalue weighted by molar-refractivity contribution is 7.98.